The van der Waals surface area contributed by atoms with Crippen molar-refractivity contribution in [3.05, 3.63) is 35.0 Å². The molecular formula is C12H10N2O2S. The Balaban J connectivity index is 2.00. The molecule has 0 radical (unpaired) electrons. The molecule has 0 amide bonds. The molecule has 3 rings (SSSR count). The average Bonchev–Trinajstić information content (AvgIpc) is 2.96. The van der Waals surface area contributed by atoms with E-state index in [1.54, 1.807) is 18.4 Å². The summed E-state index contributed by atoms with van der Waals surface area (Å²) in [7, 11) is 1.67. The van der Waals surface area contributed by atoms with Gasteiger partial charge in [0.2, 0.25) is 0 Å². The van der Waals surface area contributed by atoms with E-state index in [4.69, 9.17) is 9.15 Å². The van der Waals surface area contributed by atoms with Gasteiger partial charge in [0.1, 0.15) is 10.5 Å². The highest BCUT2D eigenvalue weighted by Gasteiger charge is 2.06. The molecule has 86 valence electrons. The minimum atomic E-state index is 0.551. The van der Waals surface area contributed by atoms with Crippen LogP contribution in [0.5, 0.6) is 0 Å². The fraction of sp³-hybridized carbons (Fsp3) is 0.167. The van der Waals surface area contributed by atoms with Crippen molar-refractivity contribution in [2.24, 2.45) is 0 Å². The maximum absolute atomic E-state index is 5.27. The van der Waals surface area contributed by atoms with Gasteiger partial charge in [0.15, 0.2) is 12.0 Å². The molecule has 0 aliphatic carbocycles. The quantitative estimate of drug-likeness (QED) is 0.712. The van der Waals surface area contributed by atoms with Crippen molar-refractivity contribution >= 4 is 22.4 Å². The van der Waals surface area contributed by atoms with Crippen molar-refractivity contribution in [2.75, 3.05) is 7.11 Å². The highest BCUT2D eigenvalue weighted by Crippen LogP contribution is 2.25. The summed E-state index contributed by atoms with van der Waals surface area (Å²) in [6.45, 7) is 0.551. The van der Waals surface area contributed by atoms with Crippen LogP contribution >= 0.6 is 11.3 Å². The minimum absolute atomic E-state index is 0.551. The molecule has 0 fully saturated rings. The molecule has 1 aromatic carbocycles. The number of hydrogen-bond acceptors (Lipinski definition) is 5. The first-order valence-corrected chi connectivity index (χ1v) is 6.02. The zero-order valence-electron chi connectivity index (χ0n) is 9.21. The second-order valence-electron chi connectivity index (χ2n) is 3.59. The number of ether oxygens (including phenoxy) is 1. The zero-order chi connectivity index (χ0) is 11.7. The van der Waals surface area contributed by atoms with Crippen LogP contribution in [0, 0.1) is 0 Å². The number of hydrogen-bond donors (Lipinski definition) is 0. The molecule has 0 atom stereocenters. The van der Waals surface area contributed by atoms with E-state index >= 15 is 0 Å². The van der Waals surface area contributed by atoms with Crippen LogP contribution in [0.3, 0.4) is 0 Å². The molecule has 0 aliphatic heterocycles. The SMILES string of the molecule is COCc1nc(-c2ccc3ncoc3c2)cs1. The van der Waals surface area contributed by atoms with E-state index in [2.05, 4.69) is 9.97 Å². The lowest BCUT2D eigenvalue weighted by Gasteiger charge is -1.95. The Labute approximate surface area is 102 Å². The van der Waals surface area contributed by atoms with Crippen LogP contribution < -0.4 is 0 Å². The van der Waals surface area contributed by atoms with Crippen molar-refractivity contribution in [2.45, 2.75) is 6.61 Å². The Kier molecular flexibility index (Phi) is 2.62. The van der Waals surface area contributed by atoms with Gasteiger partial charge in [-0.3, -0.25) is 0 Å². The number of nitrogens with zero attached hydrogens (tertiary/aromatic N) is 2. The predicted octanol–water partition coefficient (Wildman–Crippen LogP) is 3.10. The van der Waals surface area contributed by atoms with Gasteiger partial charge in [-0.05, 0) is 12.1 Å². The van der Waals surface area contributed by atoms with Gasteiger partial charge in [-0.2, -0.15) is 0 Å². The third kappa shape index (κ3) is 1.94. The van der Waals surface area contributed by atoms with E-state index in [1.165, 1.54) is 6.39 Å². The monoisotopic (exact) mass is 246 g/mol. The number of oxazole rings is 1. The molecule has 3 aromatic rings. The van der Waals surface area contributed by atoms with Crippen molar-refractivity contribution < 1.29 is 9.15 Å². The summed E-state index contributed by atoms with van der Waals surface area (Å²) in [5, 5.41) is 2.99. The molecule has 4 nitrogen and oxygen atoms in total. The van der Waals surface area contributed by atoms with Crippen LogP contribution in [-0.2, 0) is 11.3 Å². The Morgan fingerprint density at radius 1 is 1.41 bits per heavy atom. The first-order chi connectivity index (χ1) is 8.36. The lowest BCUT2D eigenvalue weighted by molar-refractivity contribution is 0.184. The second kappa shape index (κ2) is 4.27. The number of fused-ring (bicyclic) bond motifs is 1. The highest BCUT2D eigenvalue weighted by atomic mass is 32.1. The normalized spacial score (nSPS) is 11.1. The molecule has 0 saturated heterocycles. The van der Waals surface area contributed by atoms with Crippen molar-refractivity contribution in [1.82, 2.24) is 9.97 Å². The third-order valence-corrected chi connectivity index (χ3v) is 3.27. The number of benzene rings is 1. The standard InChI is InChI=1S/C12H10N2O2S/c1-15-5-12-14-10(6-17-12)8-2-3-9-11(4-8)16-7-13-9/h2-4,6-7H,5H2,1H3. The molecule has 0 saturated carbocycles. The Morgan fingerprint density at radius 3 is 3.24 bits per heavy atom. The van der Waals surface area contributed by atoms with Gasteiger partial charge in [0.05, 0.1) is 12.3 Å². The fourth-order valence-electron chi connectivity index (χ4n) is 1.65. The Bertz CT molecular complexity index is 645. The van der Waals surface area contributed by atoms with Crippen LogP contribution in [0.25, 0.3) is 22.4 Å². The van der Waals surface area contributed by atoms with Crippen LogP contribution in [0.4, 0.5) is 0 Å². The molecule has 2 aromatic heterocycles. The second-order valence-corrected chi connectivity index (χ2v) is 4.54. The smallest absolute Gasteiger partial charge is 0.181 e. The van der Waals surface area contributed by atoms with Crippen LogP contribution in [0.2, 0.25) is 0 Å². The van der Waals surface area contributed by atoms with Crippen molar-refractivity contribution in [1.29, 1.82) is 0 Å². The number of methoxy groups -OCH3 is 1. The summed E-state index contributed by atoms with van der Waals surface area (Å²) >= 11 is 1.59. The molecule has 5 heteroatoms. The molecule has 2 heterocycles. The van der Waals surface area contributed by atoms with Gasteiger partial charge in [0.25, 0.3) is 0 Å². The summed E-state index contributed by atoms with van der Waals surface area (Å²) < 4.78 is 10.3. The van der Waals surface area contributed by atoms with Crippen LogP contribution in [0.15, 0.2) is 34.4 Å². The summed E-state index contributed by atoms with van der Waals surface area (Å²) in [4.78, 5) is 8.58. The molecule has 0 unspecified atom stereocenters. The van der Waals surface area contributed by atoms with E-state index in [0.717, 1.165) is 27.4 Å². The number of aromatic nitrogens is 2. The zero-order valence-corrected chi connectivity index (χ0v) is 10.0. The van der Waals surface area contributed by atoms with E-state index in [9.17, 15) is 0 Å². The van der Waals surface area contributed by atoms with Crippen molar-refractivity contribution in [3.8, 4) is 11.3 Å². The molecule has 17 heavy (non-hydrogen) atoms. The summed E-state index contributed by atoms with van der Waals surface area (Å²) in [6.07, 6.45) is 1.45. The summed E-state index contributed by atoms with van der Waals surface area (Å²) in [5.41, 5.74) is 3.62. The Morgan fingerprint density at radius 2 is 2.35 bits per heavy atom. The lowest BCUT2D eigenvalue weighted by atomic mass is 10.1. The summed E-state index contributed by atoms with van der Waals surface area (Å²) in [5.74, 6) is 0. The maximum Gasteiger partial charge on any atom is 0.181 e. The van der Waals surface area contributed by atoms with Gasteiger partial charge >= 0.3 is 0 Å². The van der Waals surface area contributed by atoms with Crippen LogP contribution in [0.1, 0.15) is 5.01 Å². The van der Waals surface area contributed by atoms with E-state index in [1.807, 2.05) is 23.6 Å². The molecular weight excluding hydrogens is 236 g/mol. The summed E-state index contributed by atoms with van der Waals surface area (Å²) in [6, 6.07) is 5.88. The van der Waals surface area contributed by atoms with E-state index in [0.29, 0.717) is 6.61 Å². The Hall–Kier alpha value is -1.72. The predicted molar refractivity (Wildman–Crippen MR) is 65.8 cm³/mol. The molecule has 0 bridgehead atoms. The molecule has 0 N–H and O–H groups in total. The molecule has 0 aliphatic rings. The van der Waals surface area contributed by atoms with Crippen molar-refractivity contribution in [3.63, 3.8) is 0 Å². The fourth-order valence-corrected chi connectivity index (χ4v) is 2.42. The first-order valence-electron chi connectivity index (χ1n) is 5.14. The van der Waals surface area contributed by atoms with E-state index in [-0.39, 0.29) is 0 Å². The highest BCUT2D eigenvalue weighted by molar-refractivity contribution is 7.09. The number of thiazole rings is 1. The van der Waals surface area contributed by atoms with Crippen LogP contribution in [-0.4, -0.2) is 17.1 Å². The largest absolute Gasteiger partial charge is 0.443 e. The lowest BCUT2D eigenvalue weighted by Crippen LogP contribution is -1.85. The topological polar surface area (TPSA) is 48.2 Å². The maximum atomic E-state index is 5.27. The average molecular weight is 246 g/mol. The molecule has 0 spiro atoms. The van der Waals surface area contributed by atoms with Gasteiger partial charge < -0.3 is 9.15 Å². The first kappa shape index (κ1) is 10.4. The van der Waals surface area contributed by atoms with Gasteiger partial charge in [0, 0.05) is 18.1 Å². The van der Waals surface area contributed by atoms with Gasteiger partial charge in [-0.1, -0.05) is 6.07 Å². The van der Waals surface area contributed by atoms with Gasteiger partial charge in [-0.15, -0.1) is 11.3 Å². The third-order valence-electron chi connectivity index (χ3n) is 2.45. The number of rotatable bonds is 3. The van der Waals surface area contributed by atoms with E-state index < -0.39 is 0 Å². The minimum Gasteiger partial charge on any atom is -0.443 e. The van der Waals surface area contributed by atoms with Gasteiger partial charge in [-0.25, -0.2) is 9.97 Å².